The van der Waals surface area contributed by atoms with Gasteiger partial charge >= 0.3 is 0 Å². The lowest BCUT2D eigenvalue weighted by molar-refractivity contribution is 0.0980. The highest BCUT2D eigenvalue weighted by molar-refractivity contribution is 7.92. The number of benzene rings is 1. The van der Waals surface area contributed by atoms with Crippen molar-refractivity contribution < 1.29 is 13.2 Å². The molecule has 0 spiro atoms. The molecule has 6 nitrogen and oxygen atoms in total. The van der Waals surface area contributed by atoms with Crippen molar-refractivity contribution in [3.63, 3.8) is 0 Å². The molecule has 0 radical (unpaired) electrons. The quantitative estimate of drug-likeness (QED) is 0.644. The van der Waals surface area contributed by atoms with Crippen molar-refractivity contribution >= 4 is 50.5 Å². The van der Waals surface area contributed by atoms with E-state index in [9.17, 15) is 13.2 Å². The molecule has 0 aliphatic heterocycles. The molecule has 0 bridgehead atoms. The minimum atomic E-state index is -4.00. The maximum absolute atomic E-state index is 12.6. The molecule has 1 aromatic carbocycles. The average Bonchev–Trinajstić information content (AvgIpc) is 3.13. The Hall–Kier alpha value is -1.87. The molecule has 0 fully saturated rings. The molecule has 142 valence electrons. The summed E-state index contributed by atoms with van der Waals surface area (Å²) >= 11 is 12.8. The van der Waals surface area contributed by atoms with Gasteiger partial charge in [-0.3, -0.25) is 9.48 Å². The molecule has 3 rings (SSSR count). The van der Waals surface area contributed by atoms with Gasteiger partial charge in [-0.2, -0.15) is 5.10 Å². The van der Waals surface area contributed by atoms with Crippen LogP contribution in [-0.2, 0) is 16.6 Å². The Kier molecular flexibility index (Phi) is 5.62. The Labute approximate surface area is 170 Å². The highest BCUT2D eigenvalue weighted by atomic mass is 35.5. The third-order valence-electron chi connectivity index (χ3n) is 3.93. The summed E-state index contributed by atoms with van der Waals surface area (Å²) in [6.07, 6.45) is 0. The van der Waals surface area contributed by atoms with Gasteiger partial charge in [0.15, 0.2) is 0 Å². The summed E-state index contributed by atoms with van der Waals surface area (Å²) in [4.78, 5) is 12.6. The summed E-state index contributed by atoms with van der Waals surface area (Å²) in [5.41, 5.74) is 2.03. The van der Waals surface area contributed by atoms with Crippen molar-refractivity contribution in [1.82, 2.24) is 14.5 Å². The highest BCUT2D eigenvalue weighted by Gasteiger charge is 2.25. The van der Waals surface area contributed by atoms with Crippen molar-refractivity contribution in [2.75, 3.05) is 0 Å². The second-order valence-corrected chi connectivity index (χ2v) is 9.82. The second-order valence-electron chi connectivity index (χ2n) is 5.79. The van der Waals surface area contributed by atoms with Crippen LogP contribution in [0.25, 0.3) is 0 Å². The van der Waals surface area contributed by atoms with Crippen molar-refractivity contribution in [3.8, 4) is 0 Å². The SMILES string of the molecule is Cc1nn(Cc2ccccc2Cl)c(C)c1C(=O)NS(=O)(=O)c1ccc(Cl)s1. The van der Waals surface area contributed by atoms with Gasteiger partial charge in [0.1, 0.15) is 4.21 Å². The monoisotopic (exact) mass is 443 g/mol. The number of carbonyl (C=O) groups is 1. The Balaban J connectivity index is 1.88. The fraction of sp³-hybridized carbons (Fsp3) is 0.176. The van der Waals surface area contributed by atoms with Gasteiger partial charge < -0.3 is 0 Å². The Bertz CT molecular complexity index is 1120. The first-order chi connectivity index (χ1) is 12.7. The van der Waals surface area contributed by atoms with Gasteiger partial charge in [0.25, 0.3) is 15.9 Å². The van der Waals surface area contributed by atoms with Gasteiger partial charge in [-0.1, -0.05) is 41.4 Å². The van der Waals surface area contributed by atoms with E-state index in [-0.39, 0.29) is 9.77 Å². The topological polar surface area (TPSA) is 81.1 Å². The average molecular weight is 444 g/mol. The number of sulfonamides is 1. The lowest BCUT2D eigenvalue weighted by Gasteiger charge is -2.08. The zero-order chi connectivity index (χ0) is 19.8. The number of carbonyl (C=O) groups excluding carboxylic acids is 1. The highest BCUT2D eigenvalue weighted by Crippen LogP contribution is 2.26. The van der Waals surface area contributed by atoms with E-state index in [1.165, 1.54) is 12.1 Å². The van der Waals surface area contributed by atoms with Crippen molar-refractivity contribution in [3.05, 3.63) is 68.3 Å². The van der Waals surface area contributed by atoms with E-state index < -0.39 is 15.9 Å². The number of halogens is 2. The number of nitrogens with one attached hydrogen (secondary N) is 1. The van der Waals surface area contributed by atoms with Crippen LogP contribution in [0, 0.1) is 13.8 Å². The third-order valence-corrected chi connectivity index (χ3v) is 7.35. The van der Waals surface area contributed by atoms with E-state index in [0.717, 1.165) is 16.9 Å². The van der Waals surface area contributed by atoms with E-state index in [1.54, 1.807) is 24.6 Å². The maximum Gasteiger partial charge on any atom is 0.273 e. The minimum absolute atomic E-state index is 0.0281. The van der Waals surface area contributed by atoms with Crippen LogP contribution in [0.2, 0.25) is 9.36 Å². The van der Waals surface area contributed by atoms with E-state index in [1.807, 2.05) is 18.2 Å². The standard InChI is InChI=1S/C17H15Cl2N3O3S2/c1-10-16(17(23)21-27(24,25)15-8-7-14(19)26-15)11(2)22(20-10)9-12-5-3-4-6-13(12)18/h3-8H,9H2,1-2H3,(H,21,23). The first-order valence-corrected chi connectivity index (χ1v) is 10.8. The van der Waals surface area contributed by atoms with Crippen LogP contribution in [0.1, 0.15) is 27.3 Å². The second kappa shape index (κ2) is 7.63. The van der Waals surface area contributed by atoms with Gasteiger partial charge in [0.05, 0.1) is 22.1 Å². The fourth-order valence-corrected chi connectivity index (χ4v) is 5.27. The van der Waals surface area contributed by atoms with Crippen molar-refractivity contribution in [2.45, 2.75) is 24.6 Å². The van der Waals surface area contributed by atoms with Crippen LogP contribution < -0.4 is 4.72 Å². The molecule has 2 aromatic heterocycles. The number of amides is 1. The van der Waals surface area contributed by atoms with Crippen LogP contribution in [-0.4, -0.2) is 24.1 Å². The predicted molar refractivity (Wildman–Crippen MR) is 106 cm³/mol. The first kappa shape index (κ1) is 19.9. The summed E-state index contributed by atoms with van der Waals surface area (Å²) in [5.74, 6) is -0.736. The largest absolute Gasteiger partial charge is 0.273 e. The number of aromatic nitrogens is 2. The first-order valence-electron chi connectivity index (χ1n) is 7.79. The van der Waals surface area contributed by atoms with Gasteiger partial charge in [0, 0.05) is 10.7 Å². The number of nitrogens with zero attached hydrogens (tertiary/aromatic N) is 2. The van der Waals surface area contributed by atoms with Gasteiger partial charge in [-0.15, -0.1) is 11.3 Å². The lowest BCUT2D eigenvalue weighted by Crippen LogP contribution is -2.30. The van der Waals surface area contributed by atoms with E-state index in [0.29, 0.717) is 27.3 Å². The Morgan fingerprint density at radius 1 is 1.19 bits per heavy atom. The van der Waals surface area contributed by atoms with Crippen molar-refractivity contribution in [2.24, 2.45) is 0 Å². The van der Waals surface area contributed by atoms with E-state index in [4.69, 9.17) is 23.2 Å². The smallest absolute Gasteiger partial charge is 0.268 e. The lowest BCUT2D eigenvalue weighted by atomic mass is 10.2. The van der Waals surface area contributed by atoms with Crippen molar-refractivity contribution in [1.29, 1.82) is 0 Å². The number of hydrogen-bond acceptors (Lipinski definition) is 5. The maximum atomic E-state index is 12.6. The molecule has 0 aliphatic carbocycles. The predicted octanol–water partition coefficient (Wildman–Crippen LogP) is 4.04. The molecule has 3 aromatic rings. The number of hydrogen-bond donors (Lipinski definition) is 1. The third kappa shape index (κ3) is 4.19. The van der Waals surface area contributed by atoms with Crippen LogP contribution >= 0.6 is 34.5 Å². The van der Waals surface area contributed by atoms with E-state index >= 15 is 0 Å². The van der Waals surface area contributed by atoms with Crippen LogP contribution in [0.3, 0.4) is 0 Å². The number of aryl methyl sites for hydroxylation is 1. The molecular weight excluding hydrogens is 429 g/mol. The molecule has 0 saturated carbocycles. The van der Waals surface area contributed by atoms with E-state index in [2.05, 4.69) is 9.82 Å². The van der Waals surface area contributed by atoms with Gasteiger partial charge in [-0.25, -0.2) is 13.1 Å². The summed E-state index contributed by atoms with van der Waals surface area (Å²) in [5, 5.41) is 4.95. The Morgan fingerprint density at radius 2 is 1.89 bits per heavy atom. The normalized spacial score (nSPS) is 11.6. The summed E-state index contributed by atoms with van der Waals surface area (Å²) in [7, 11) is -4.00. The Morgan fingerprint density at radius 3 is 2.52 bits per heavy atom. The zero-order valence-corrected chi connectivity index (χ0v) is 17.5. The van der Waals surface area contributed by atoms with Gasteiger partial charge in [0.2, 0.25) is 0 Å². The molecule has 0 saturated heterocycles. The summed E-state index contributed by atoms with van der Waals surface area (Å²) < 4.78 is 28.7. The summed E-state index contributed by atoms with van der Waals surface area (Å²) in [6, 6.07) is 10.1. The molecule has 0 unspecified atom stereocenters. The molecule has 1 N–H and O–H groups in total. The summed E-state index contributed by atoms with van der Waals surface area (Å²) in [6.45, 7) is 3.73. The zero-order valence-electron chi connectivity index (χ0n) is 14.4. The molecule has 27 heavy (non-hydrogen) atoms. The minimum Gasteiger partial charge on any atom is -0.268 e. The van der Waals surface area contributed by atoms with Crippen LogP contribution in [0.4, 0.5) is 0 Å². The molecule has 0 atom stereocenters. The molecule has 1 amide bonds. The molecular formula is C17H15Cl2N3O3S2. The van der Waals surface area contributed by atoms with Crippen LogP contribution in [0.15, 0.2) is 40.6 Å². The van der Waals surface area contributed by atoms with Gasteiger partial charge in [-0.05, 0) is 37.6 Å². The van der Waals surface area contributed by atoms with Crippen LogP contribution in [0.5, 0.6) is 0 Å². The fourth-order valence-electron chi connectivity index (χ4n) is 2.63. The number of thiophene rings is 1. The molecule has 0 aliphatic rings. The molecule has 2 heterocycles. The molecule has 10 heteroatoms. The number of rotatable bonds is 5.